The number of benzene rings is 2. The van der Waals surface area contributed by atoms with Gasteiger partial charge in [0.1, 0.15) is 5.75 Å². The van der Waals surface area contributed by atoms with Gasteiger partial charge in [0.25, 0.3) is 0 Å². The normalized spacial score (nSPS) is 13.9. The first-order valence-electron chi connectivity index (χ1n) is 10.3. The molecule has 1 aromatic heterocycles. The van der Waals surface area contributed by atoms with Crippen molar-refractivity contribution in [2.24, 2.45) is 0 Å². The molecule has 0 aliphatic carbocycles. The summed E-state index contributed by atoms with van der Waals surface area (Å²) in [6.07, 6.45) is 3.65. The van der Waals surface area contributed by atoms with Crippen LogP contribution in [-0.4, -0.2) is 53.5 Å². The maximum absolute atomic E-state index is 12.7. The van der Waals surface area contributed by atoms with Crippen molar-refractivity contribution in [3.63, 3.8) is 0 Å². The van der Waals surface area contributed by atoms with E-state index in [0.717, 1.165) is 35.8 Å². The monoisotopic (exact) mass is 405 g/mol. The minimum Gasteiger partial charge on any atom is -0.492 e. The Kier molecular flexibility index (Phi) is 6.17. The molecular weight excluding hydrogens is 378 g/mol. The highest BCUT2D eigenvalue weighted by Gasteiger charge is 2.22. The number of ether oxygens (including phenoxy) is 1. The summed E-state index contributed by atoms with van der Waals surface area (Å²) in [6.45, 7) is 6.05. The van der Waals surface area contributed by atoms with Crippen LogP contribution in [0.25, 0.3) is 5.69 Å². The fraction of sp³-hybridized carbons (Fsp3) is 0.304. The first kappa shape index (κ1) is 19.8. The number of para-hydroxylation sites is 2. The van der Waals surface area contributed by atoms with Crippen molar-refractivity contribution < 1.29 is 9.53 Å². The van der Waals surface area contributed by atoms with E-state index in [9.17, 15) is 4.79 Å². The van der Waals surface area contributed by atoms with E-state index in [1.165, 1.54) is 0 Å². The molecule has 4 rings (SSSR count). The predicted molar refractivity (Wildman–Crippen MR) is 117 cm³/mol. The number of amides is 2. The predicted octanol–water partition coefficient (Wildman–Crippen LogP) is 3.30. The summed E-state index contributed by atoms with van der Waals surface area (Å²) in [6, 6.07) is 18.0. The lowest BCUT2D eigenvalue weighted by atomic mass is 10.2. The van der Waals surface area contributed by atoms with Gasteiger partial charge in [-0.3, -0.25) is 0 Å². The molecule has 1 N–H and O–H groups in total. The van der Waals surface area contributed by atoms with E-state index in [-0.39, 0.29) is 6.03 Å². The quantitative estimate of drug-likeness (QED) is 0.684. The second-order valence-corrected chi connectivity index (χ2v) is 7.15. The molecule has 0 radical (unpaired) electrons. The molecule has 1 fully saturated rings. The molecule has 0 saturated carbocycles. The average Bonchev–Trinajstić information content (AvgIpc) is 3.34. The summed E-state index contributed by atoms with van der Waals surface area (Å²) in [5.41, 5.74) is 3.11. The first-order valence-corrected chi connectivity index (χ1v) is 10.3. The minimum atomic E-state index is -0.0303. The Bertz CT molecular complexity index is 965. The van der Waals surface area contributed by atoms with Crippen LogP contribution in [0.3, 0.4) is 0 Å². The van der Waals surface area contributed by atoms with Crippen molar-refractivity contribution in [2.45, 2.75) is 13.5 Å². The number of anilines is 1. The molecule has 0 spiro atoms. The molecule has 0 atom stereocenters. The lowest BCUT2D eigenvalue weighted by Gasteiger charge is -2.36. The average molecular weight is 406 g/mol. The highest BCUT2D eigenvalue weighted by Crippen LogP contribution is 2.28. The minimum absolute atomic E-state index is 0.0303. The largest absolute Gasteiger partial charge is 0.492 e. The summed E-state index contributed by atoms with van der Waals surface area (Å²) in [5.74, 6) is 0.898. The van der Waals surface area contributed by atoms with Gasteiger partial charge in [0.2, 0.25) is 0 Å². The first-order chi connectivity index (χ1) is 14.7. The summed E-state index contributed by atoms with van der Waals surface area (Å²) in [4.78, 5) is 16.8. The van der Waals surface area contributed by atoms with Crippen molar-refractivity contribution in [1.29, 1.82) is 0 Å². The van der Waals surface area contributed by atoms with E-state index in [1.54, 1.807) is 6.20 Å². The molecule has 2 aromatic carbocycles. The van der Waals surface area contributed by atoms with Crippen molar-refractivity contribution in [3.8, 4) is 11.4 Å². The topological polar surface area (TPSA) is 62.6 Å². The van der Waals surface area contributed by atoms with Gasteiger partial charge in [-0.05, 0) is 42.8 Å². The Balaban J connectivity index is 1.31. The second-order valence-electron chi connectivity index (χ2n) is 7.15. The molecule has 2 heterocycles. The molecule has 1 saturated heterocycles. The van der Waals surface area contributed by atoms with Gasteiger partial charge in [0, 0.05) is 45.1 Å². The lowest BCUT2D eigenvalue weighted by Crippen LogP contribution is -2.51. The number of urea groups is 1. The fourth-order valence-corrected chi connectivity index (χ4v) is 3.67. The maximum Gasteiger partial charge on any atom is 0.317 e. The number of nitrogens with one attached hydrogen (secondary N) is 1. The number of hydrogen-bond donors (Lipinski definition) is 1. The molecule has 7 heteroatoms. The van der Waals surface area contributed by atoms with Crippen molar-refractivity contribution >= 4 is 11.7 Å². The van der Waals surface area contributed by atoms with Crippen molar-refractivity contribution in [3.05, 3.63) is 72.6 Å². The van der Waals surface area contributed by atoms with Gasteiger partial charge < -0.3 is 19.9 Å². The zero-order valence-corrected chi connectivity index (χ0v) is 17.2. The van der Waals surface area contributed by atoms with Crippen LogP contribution in [0.1, 0.15) is 12.5 Å². The number of piperazine rings is 1. The van der Waals surface area contributed by atoms with E-state index in [1.807, 2.05) is 71.2 Å². The summed E-state index contributed by atoms with van der Waals surface area (Å²) in [7, 11) is 0. The molecule has 1 aliphatic rings. The molecule has 156 valence electrons. The smallest absolute Gasteiger partial charge is 0.317 e. The van der Waals surface area contributed by atoms with Crippen LogP contribution < -0.4 is 15.0 Å². The number of carbonyl (C=O) groups is 1. The van der Waals surface area contributed by atoms with Gasteiger partial charge in [-0.25, -0.2) is 9.48 Å². The van der Waals surface area contributed by atoms with Crippen LogP contribution in [0.15, 0.2) is 67.0 Å². The number of hydrogen-bond acceptors (Lipinski definition) is 4. The Morgan fingerprint density at radius 3 is 2.67 bits per heavy atom. The number of rotatable bonds is 6. The number of aromatic nitrogens is 2. The third kappa shape index (κ3) is 4.56. The molecule has 2 amide bonds. The molecule has 30 heavy (non-hydrogen) atoms. The Morgan fingerprint density at radius 2 is 1.90 bits per heavy atom. The fourth-order valence-electron chi connectivity index (χ4n) is 3.67. The van der Waals surface area contributed by atoms with Gasteiger partial charge in [-0.1, -0.05) is 24.3 Å². The van der Waals surface area contributed by atoms with E-state index >= 15 is 0 Å². The maximum atomic E-state index is 12.7. The van der Waals surface area contributed by atoms with Gasteiger partial charge in [-0.15, -0.1) is 0 Å². The van der Waals surface area contributed by atoms with Crippen molar-refractivity contribution in [1.82, 2.24) is 20.0 Å². The van der Waals surface area contributed by atoms with Crippen LogP contribution in [0.4, 0.5) is 10.5 Å². The molecular formula is C23H27N5O2. The van der Waals surface area contributed by atoms with E-state index < -0.39 is 0 Å². The number of nitrogens with zero attached hydrogens (tertiary/aromatic N) is 4. The van der Waals surface area contributed by atoms with Gasteiger partial charge >= 0.3 is 6.03 Å². The molecule has 0 bridgehead atoms. The lowest BCUT2D eigenvalue weighted by molar-refractivity contribution is 0.194. The van der Waals surface area contributed by atoms with Crippen LogP contribution in [-0.2, 0) is 6.54 Å². The van der Waals surface area contributed by atoms with E-state index in [2.05, 4.69) is 21.4 Å². The highest BCUT2D eigenvalue weighted by molar-refractivity contribution is 5.74. The van der Waals surface area contributed by atoms with E-state index in [0.29, 0.717) is 26.2 Å². The SMILES string of the molecule is CCOc1ccccc1N1CCN(C(=O)NCc2cccc(-n3cccn3)c2)CC1. The van der Waals surface area contributed by atoms with Crippen LogP contribution in [0, 0.1) is 0 Å². The zero-order chi connectivity index (χ0) is 20.8. The third-order valence-corrected chi connectivity index (χ3v) is 5.20. The van der Waals surface area contributed by atoms with Crippen LogP contribution in [0.5, 0.6) is 5.75 Å². The Hall–Kier alpha value is -3.48. The standard InChI is InChI=1S/C23H27N5O2/c1-2-30-22-10-4-3-9-21(22)26-13-15-27(16-14-26)23(29)24-18-19-7-5-8-20(17-19)28-12-6-11-25-28/h3-12,17H,2,13-16,18H2,1H3,(H,24,29). The summed E-state index contributed by atoms with van der Waals surface area (Å²) in [5, 5.41) is 7.30. The molecule has 1 aliphatic heterocycles. The molecule has 7 nitrogen and oxygen atoms in total. The highest BCUT2D eigenvalue weighted by atomic mass is 16.5. The number of carbonyl (C=O) groups excluding carboxylic acids is 1. The van der Waals surface area contributed by atoms with Gasteiger partial charge in [0.05, 0.1) is 18.0 Å². The molecule has 3 aromatic rings. The third-order valence-electron chi connectivity index (χ3n) is 5.20. The summed E-state index contributed by atoms with van der Waals surface area (Å²) < 4.78 is 7.56. The Morgan fingerprint density at radius 1 is 1.07 bits per heavy atom. The van der Waals surface area contributed by atoms with Crippen molar-refractivity contribution in [2.75, 3.05) is 37.7 Å². The van der Waals surface area contributed by atoms with Gasteiger partial charge in [-0.2, -0.15) is 5.10 Å². The summed E-state index contributed by atoms with van der Waals surface area (Å²) >= 11 is 0. The van der Waals surface area contributed by atoms with Crippen LogP contribution in [0.2, 0.25) is 0 Å². The van der Waals surface area contributed by atoms with Crippen LogP contribution >= 0.6 is 0 Å². The van der Waals surface area contributed by atoms with E-state index in [4.69, 9.17) is 4.74 Å². The Labute approximate surface area is 176 Å². The molecule has 0 unspecified atom stereocenters. The van der Waals surface area contributed by atoms with Gasteiger partial charge in [0.15, 0.2) is 0 Å². The zero-order valence-electron chi connectivity index (χ0n) is 17.2. The second kappa shape index (κ2) is 9.35.